The van der Waals surface area contributed by atoms with Crippen molar-refractivity contribution >= 4 is 50.9 Å². The van der Waals surface area contributed by atoms with Gasteiger partial charge in [-0.3, -0.25) is 19.2 Å². The third-order valence-corrected chi connectivity index (χ3v) is 14.1. The molecule has 1 saturated carbocycles. The van der Waals surface area contributed by atoms with Crippen LogP contribution in [-0.4, -0.2) is 99.5 Å². The molecule has 0 aromatic heterocycles. The van der Waals surface area contributed by atoms with E-state index < -0.39 is 82.7 Å². The average molecular weight is 911 g/mol. The summed E-state index contributed by atoms with van der Waals surface area (Å²) in [4.78, 5) is 60.8. The first-order valence-electron chi connectivity index (χ1n) is 22.4. The Morgan fingerprint density at radius 3 is 2.42 bits per heavy atom. The minimum atomic E-state index is -2.08. The molecule has 5 unspecified atom stereocenters. The van der Waals surface area contributed by atoms with E-state index in [9.17, 15) is 39.6 Å². The molecule has 0 radical (unpaired) electrons. The number of esters is 1. The second-order valence-corrected chi connectivity index (χ2v) is 18.6. The molecule has 1 saturated heterocycles. The highest BCUT2D eigenvalue weighted by Crippen LogP contribution is 2.51. The van der Waals surface area contributed by atoms with Gasteiger partial charge in [0.05, 0.1) is 35.5 Å². The van der Waals surface area contributed by atoms with Crippen LogP contribution in [0.1, 0.15) is 70.8 Å². The second kappa shape index (κ2) is 17.7. The Balaban J connectivity index is 1.30. The van der Waals surface area contributed by atoms with Crippen LogP contribution in [0.15, 0.2) is 57.5 Å². The van der Waals surface area contributed by atoms with Gasteiger partial charge in [-0.2, -0.15) is 0 Å². The quantitative estimate of drug-likeness (QED) is 0.0724. The topological polar surface area (TPSA) is 248 Å². The minimum absolute atomic E-state index is 0.0257. The number of anilines is 2. The van der Waals surface area contributed by atoms with Crippen molar-refractivity contribution in [1.29, 1.82) is 0 Å². The zero-order chi connectivity index (χ0) is 47.7. The number of nitrogens with zero attached hydrogens (tertiary/aromatic N) is 1. The number of ether oxygens (including phenoxy) is 4. The van der Waals surface area contributed by atoms with Gasteiger partial charge in [0.1, 0.15) is 40.3 Å². The van der Waals surface area contributed by atoms with Crippen LogP contribution in [0.5, 0.6) is 17.2 Å². The van der Waals surface area contributed by atoms with Crippen LogP contribution in [0.2, 0.25) is 0 Å². The summed E-state index contributed by atoms with van der Waals surface area (Å²) in [5.41, 5.74) is -0.861. The Hall–Kier alpha value is -6.01. The van der Waals surface area contributed by atoms with Gasteiger partial charge in [0.25, 0.3) is 11.7 Å². The molecular weight excluding hydrogens is 853 g/mol. The molecule has 2 aromatic rings. The van der Waals surface area contributed by atoms with E-state index in [1.165, 1.54) is 65.7 Å². The summed E-state index contributed by atoms with van der Waals surface area (Å²) in [5.74, 6) is -6.61. The molecule has 8 rings (SSSR count). The number of amides is 1. The molecule has 7 N–H and O–H groups in total. The Bertz CT molecular complexity index is 2750. The van der Waals surface area contributed by atoms with Gasteiger partial charge >= 0.3 is 11.8 Å². The van der Waals surface area contributed by atoms with Gasteiger partial charge in [-0.15, -0.1) is 0 Å². The molecule has 12 atom stereocenters. The number of methoxy groups -OCH3 is 1. The summed E-state index contributed by atoms with van der Waals surface area (Å²) >= 11 is 0. The van der Waals surface area contributed by atoms with Crippen LogP contribution in [0, 0.1) is 42.4 Å². The van der Waals surface area contributed by atoms with E-state index in [1.54, 1.807) is 45.9 Å². The number of carbonyl (C=O) groups is 3. The molecule has 4 aliphatic heterocycles. The first-order valence-corrected chi connectivity index (χ1v) is 22.4. The lowest BCUT2D eigenvalue weighted by molar-refractivity contribution is -0.160. The number of aliphatic hydroxyl groups excluding tert-OH is 2. The largest absolute Gasteiger partial charge is 0.507 e. The lowest BCUT2D eigenvalue weighted by atomic mass is 9.78. The predicted molar refractivity (Wildman–Crippen MR) is 244 cm³/mol. The number of aromatic nitrogens is 1. The van der Waals surface area contributed by atoms with Crippen molar-refractivity contribution in [3.8, 4) is 28.7 Å². The number of aliphatic hydroxyl groups is 2. The van der Waals surface area contributed by atoms with Gasteiger partial charge in [-0.25, -0.2) is 4.98 Å². The summed E-state index contributed by atoms with van der Waals surface area (Å²) in [5, 5.41) is 55.3. The number of rotatable bonds is 5. The Kier molecular flexibility index (Phi) is 12.4. The molecule has 2 fully saturated rings. The Morgan fingerprint density at radius 1 is 1.02 bits per heavy atom. The molecule has 1 amide bonds. The fourth-order valence-electron chi connectivity index (χ4n) is 9.90. The van der Waals surface area contributed by atoms with Crippen LogP contribution >= 0.6 is 0 Å². The van der Waals surface area contributed by atoms with Crippen molar-refractivity contribution in [2.45, 2.75) is 98.1 Å². The number of benzene rings is 3. The van der Waals surface area contributed by atoms with Crippen LogP contribution in [0.4, 0.5) is 11.4 Å². The molecule has 2 aromatic carbocycles. The third kappa shape index (κ3) is 8.15. The summed E-state index contributed by atoms with van der Waals surface area (Å²) in [6, 6.07) is 3.38. The van der Waals surface area contributed by atoms with E-state index in [4.69, 9.17) is 28.3 Å². The van der Waals surface area contributed by atoms with E-state index in [-0.39, 0.29) is 73.3 Å². The molecule has 17 heteroatoms. The highest BCUT2D eigenvalue weighted by atomic mass is 16.7. The average Bonchev–Trinajstić information content (AvgIpc) is 3.88. The summed E-state index contributed by atoms with van der Waals surface area (Å²) in [6.07, 6.45) is 4.64. The lowest BCUT2D eigenvalue weighted by Gasteiger charge is -2.38. The number of carbonyl (C=O) groups excluding carboxylic acids is 3. The van der Waals surface area contributed by atoms with Gasteiger partial charge < -0.3 is 59.7 Å². The Morgan fingerprint density at radius 2 is 1.76 bits per heavy atom. The molecule has 0 spiro atoms. The number of phenolic OH excluding ortho intramolecular Hbond substituents is 2. The fraction of sp³-hybridized carbons (Fsp3) is 0.490. The van der Waals surface area contributed by atoms with Crippen molar-refractivity contribution < 1.29 is 58.2 Å². The maximum atomic E-state index is 14.8. The molecule has 4 heterocycles. The number of phenols is 2. The van der Waals surface area contributed by atoms with Crippen LogP contribution < -0.4 is 26.1 Å². The van der Waals surface area contributed by atoms with Crippen LogP contribution in [0.3, 0.4) is 0 Å². The van der Waals surface area contributed by atoms with Crippen molar-refractivity contribution in [3.63, 3.8) is 0 Å². The normalized spacial score (nSPS) is 33.2. The van der Waals surface area contributed by atoms with Gasteiger partial charge in [-0.1, -0.05) is 45.9 Å². The monoisotopic (exact) mass is 910 g/mol. The van der Waals surface area contributed by atoms with E-state index in [0.29, 0.717) is 24.1 Å². The molecule has 6 aliphatic rings. The van der Waals surface area contributed by atoms with E-state index in [1.807, 2.05) is 0 Å². The number of aromatic hydroxyl groups is 2. The Labute approximate surface area is 381 Å². The van der Waals surface area contributed by atoms with E-state index in [2.05, 4.69) is 16.0 Å². The van der Waals surface area contributed by atoms with Crippen molar-refractivity contribution in [1.82, 2.24) is 10.3 Å². The summed E-state index contributed by atoms with van der Waals surface area (Å²) in [7, 11) is 1.44. The van der Waals surface area contributed by atoms with E-state index >= 15 is 0 Å². The number of Topliss-reactive ketones (excluding diaryl/α,β-unsaturated/α-hetero) is 1. The number of hydrogen-bond donors (Lipinski definition) is 7. The number of ketones is 1. The van der Waals surface area contributed by atoms with Gasteiger partial charge in [-0.05, 0) is 44.7 Å². The maximum Gasteiger partial charge on any atom is 0.312 e. The fourth-order valence-corrected chi connectivity index (χ4v) is 9.90. The molecule has 4 bridgehead atoms. The highest BCUT2D eigenvalue weighted by Gasteiger charge is 2.51. The zero-order valence-corrected chi connectivity index (χ0v) is 38.4. The van der Waals surface area contributed by atoms with Crippen molar-refractivity contribution in [2.75, 3.05) is 30.8 Å². The zero-order valence-electron chi connectivity index (χ0n) is 38.4. The number of piperidine rings is 1. The molecule has 2 aliphatic carbocycles. The van der Waals surface area contributed by atoms with Gasteiger partial charge in [0.2, 0.25) is 5.43 Å². The van der Waals surface area contributed by atoms with Crippen molar-refractivity contribution in [3.05, 3.63) is 69.6 Å². The molecule has 17 nitrogen and oxygen atoms in total. The molecule has 66 heavy (non-hydrogen) atoms. The second-order valence-electron chi connectivity index (χ2n) is 18.6. The summed E-state index contributed by atoms with van der Waals surface area (Å²) < 4.78 is 30.3. The number of fused-ring (bicyclic) bond motifs is 3. The SMILES string of the molecule is CO[C@H]1/C=C/OC2(C)Oc3c(C)c(O)c4c(=O)c(c5oc6cc(NCC7NCC8CC87)cc(O)c6nc-5c4c3C2=O)NC(=O)/C(C)=C\C=C\C(C)[C@H](O)[C@@H](C)[C@@H](O)[C@@H](C)[C@H](OC(C)=O)[C@@H]1C. The van der Waals surface area contributed by atoms with E-state index in [0.717, 1.165) is 6.54 Å². The smallest absolute Gasteiger partial charge is 0.312 e. The maximum absolute atomic E-state index is 14.8. The minimum Gasteiger partial charge on any atom is -0.507 e. The molecule has 352 valence electrons. The number of allylic oxidation sites excluding steroid dienone is 2. The first-order chi connectivity index (χ1) is 31.3. The van der Waals surface area contributed by atoms with Crippen LogP contribution in [0.25, 0.3) is 33.3 Å². The number of hydrogen-bond acceptors (Lipinski definition) is 16. The van der Waals surface area contributed by atoms with Crippen LogP contribution in [-0.2, 0) is 23.8 Å². The number of nitrogens with one attached hydrogen (secondary N) is 3. The standard InChI is InChI=1S/C49H58N4O13/c1-20-11-10-12-21(2)48(61)53-39-43(59)35-34(38-46(39)65-33-17-28(16-31(55)37(33)52-38)50-19-30-29-15-27(29)18-51-30)36-45(25(6)42(35)58)66-49(8,47(36)60)63-14-13-32(62-9)22(3)44(64-26(7)54)24(5)41(57)23(4)40(20)56/h10-14,16-17,20,22-24,27,29-30,32,40-41,44,50-51,55-58H,15,18-19H2,1-9H3,(H,53,61)/b11-10+,14-13+,21-12-/t20?,22-,23-,24-,27?,29?,30?,32+,40+,41-,44-,49?/m1/s1. The predicted octanol–water partition coefficient (Wildman–Crippen LogP) is 5.67. The first kappa shape index (κ1) is 46.5. The summed E-state index contributed by atoms with van der Waals surface area (Å²) in [6.45, 7) is 14.1. The van der Waals surface area contributed by atoms with Gasteiger partial charge in [0, 0.05) is 91.6 Å². The third-order valence-electron chi connectivity index (χ3n) is 14.1. The highest BCUT2D eigenvalue weighted by molar-refractivity contribution is 6.22. The van der Waals surface area contributed by atoms with Crippen molar-refractivity contribution in [2.24, 2.45) is 35.5 Å². The lowest BCUT2D eigenvalue weighted by Crippen LogP contribution is -2.46. The van der Waals surface area contributed by atoms with Gasteiger partial charge in [0.15, 0.2) is 11.3 Å². The molecular formula is C49H58N4O13.